The molecule has 0 bridgehead atoms. The average Bonchev–Trinajstić information content (AvgIpc) is 3.72. The highest BCUT2D eigenvalue weighted by Gasteiger charge is 2.30. The number of benzene rings is 3. The van der Waals surface area contributed by atoms with Crippen molar-refractivity contribution >= 4 is 0 Å². The van der Waals surface area contributed by atoms with Crippen LogP contribution in [0.15, 0.2) is 72.8 Å². The highest BCUT2D eigenvalue weighted by molar-refractivity contribution is 5.71. The summed E-state index contributed by atoms with van der Waals surface area (Å²) in [6.07, 6.45) is 7.92. The summed E-state index contributed by atoms with van der Waals surface area (Å²) in [4.78, 5) is 0. The van der Waals surface area contributed by atoms with E-state index in [4.69, 9.17) is 4.74 Å². The molecule has 0 saturated carbocycles. The van der Waals surface area contributed by atoms with E-state index in [0.717, 1.165) is 19.3 Å². The van der Waals surface area contributed by atoms with Crippen molar-refractivity contribution in [2.24, 2.45) is 5.92 Å². The third-order valence-corrected chi connectivity index (χ3v) is 7.06. The minimum Gasteiger partial charge on any atom is -0.368 e. The molecule has 1 aliphatic carbocycles. The van der Waals surface area contributed by atoms with Crippen LogP contribution in [0.3, 0.4) is 0 Å². The molecule has 35 heavy (non-hydrogen) atoms. The first kappa shape index (κ1) is 23.6. The molecule has 2 unspecified atom stereocenters. The smallest absolute Gasteiger partial charge is 0.167 e. The van der Waals surface area contributed by atoms with Crippen LogP contribution in [0.2, 0.25) is 0 Å². The van der Waals surface area contributed by atoms with Crippen molar-refractivity contribution in [1.82, 2.24) is 0 Å². The van der Waals surface area contributed by atoms with Crippen molar-refractivity contribution in [2.45, 2.75) is 38.2 Å². The van der Waals surface area contributed by atoms with Crippen LogP contribution in [-0.2, 0) is 11.2 Å². The molecule has 1 heterocycles. The Morgan fingerprint density at radius 1 is 0.800 bits per heavy atom. The number of halogens is 4. The molecule has 0 radical (unpaired) electrons. The predicted molar refractivity (Wildman–Crippen MR) is 130 cm³/mol. The van der Waals surface area contributed by atoms with Gasteiger partial charge in [0.05, 0.1) is 6.61 Å². The molecule has 3 aromatic rings. The van der Waals surface area contributed by atoms with Crippen molar-refractivity contribution < 1.29 is 22.3 Å². The van der Waals surface area contributed by atoms with E-state index < -0.39 is 23.3 Å². The first-order valence-electron chi connectivity index (χ1n) is 11.9. The number of hydrogen-bond acceptors (Lipinski definition) is 1. The van der Waals surface area contributed by atoms with E-state index in [1.807, 2.05) is 6.08 Å². The van der Waals surface area contributed by atoms with Crippen molar-refractivity contribution in [3.05, 3.63) is 107 Å². The van der Waals surface area contributed by atoms with Crippen LogP contribution < -0.4 is 0 Å². The van der Waals surface area contributed by atoms with Gasteiger partial charge in [-0.15, -0.1) is 6.58 Å². The largest absolute Gasteiger partial charge is 0.368 e. The third-order valence-electron chi connectivity index (χ3n) is 7.06. The van der Waals surface area contributed by atoms with Gasteiger partial charge in [0.25, 0.3) is 0 Å². The zero-order chi connectivity index (χ0) is 24.5. The lowest BCUT2D eigenvalue weighted by molar-refractivity contribution is 0.401. The summed E-state index contributed by atoms with van der Waals surface area (Å²) < 4.78 is 63.9. The van der Waals surface area contributed by atoms with Crippen molar-refractivity contribution in [1.29, 1.82) is 0 Å². The van der Waals surface area contributed by atoms with Gasteiger partial charge in [-0.2, -0.15) is 0 Å². The zero-order valence-corrected chi connectivity index (χ0v) is 19.3. The molecule has 0 spiro atoms. The maximum Gasteiger partial charge on any atom is 0.167 e. The van der Waals surface area contributed by atoms with Gasteiger partial charge in [0, 0.05) is 16.7 Å². The Labute approximate surface area is 202 Å². The first-order chi connectivity index (χ1) is 17.0. The van der Waals surface area contributed by atoms with Crippen LogP contribution in [0.5, 0.6) is 0 Å². The topological polar surface area (TPSA) is 12.5 Å². The van der Waals surface area contributed by atoms with Crippen LogP contribution in [0.4, 0.5) is 17.6 Å². The molecule has 0 amide bonds. The maximum absolute atomic E-state index is 15.0. The van der Waals surface area contributed by atoms with Crippen molar-refractivity contribution in [2.75, 3.05) is 6.61 Å². The molecule has 5 rings (SSSR count). The Balaban J connectivity index is 1.32. The zero-order valence-electron chi connectivity index (χ0n) is 19.3. The lowest BCUT2D eigenvalue weighted by Crippen LogP contribution is -2.04. The fourth-order valence-corrected chi connectivity index (χ4v) is 4.74. The maximum atomic E-state index is 15.0. The molecule has 0 N–H and O–H groups in total. The number of hydrogen-bond donors (Lipinski definition) is 0. The third kappa shape index (κ3) is 4.83. The fourth-order valence-electron chi connectivity index (χ4n) is 4.74. The summed E-state index contributed by atoms with van der Waals surface area (Å²) in [6.45, 7) is 4.23. The fraction of sp³-hybridized carbons (Fsp3) is 0.267. The normalized spacial score (nSPS) is 19.4. The van der Waals surface area contributed by atoms with Gasteiger partial charge < -0.3 is 4.74 Å². The Bertz CT molecular complexity index is 1290. The summed E-state index contributed by atoms with van der Waals surface area (Å²) in [7, 11) is 0. The number of ether oxygens (including phenoxy) is 1. The first-order valence-corrected chi connectivity index (χ1v) is 11.9. The van der Waals surface area contributed by atoms with E-state index in [1.54, 1.807) is 36.4 Å². The summed E-state index contributed by atoms with van der Waals surface area (Å²) in [5.41, 5.74) is 3.00. The Morgan fingerprint density at radius 2 is 1.43 bits per heavy atom. The quantitative estimate of drug-likeness (QED) is 0.188. The van der Waals surface area contributed by atoms with Crippen molar-refractivity contribution in [3.8, 4) is 22.3 Å². The molecule has 1 fully saturated rings. The SMILES string of the molecule is C=CC1CC=C(CCc2ccc(-c3ccc(-c4ccc(C5CO5)c(F)c4F)cc3)c(F)c2F)CC1. The Hall–Kier alpha value is -3.18. The molecule has 3 aromatic carbocycles. The van der Waals surface area contributed by atoms with Crippen LogP contribution in [0, 0.1) is 29.2 Å². The molecule has 1 saturated heterocycles. The second-order valence-electron chi connectivity index (χ2n) is 9.26. The Morgan fingerprint density at radius 3 is 2.00 bits per heavy atom. The van der Waals surface area contributed by atoms with E-state index in [2.05, 4.69) is 12.7 Å². The van der Waals surface area contributed by atoms with E-state index in [-0.39, 0.29) is 22.8 Å². The highest BCUT2D eigenvalue weighted by Crippen LogP contribution is 2.36. The molecular formula is C30H26F4O. The molecule has 1 nitrogen and oxygen atoms in total. The second-order valence-corrected chi connectivity index (χ2v) is 9.26. The van der Waals surface area contributed by atoms with Gasteiger partial charge in [-0.3, -0.25) is 0 Å². The standard InChI is InChI=1S/C30H26F4O/c1-2-18-3-5-19(6-4-18)7-8-22-13-14-23(28(32)27(22)31)20-9-11-21(12-10-20)24-15-16-25(26-17-35-26)30(34)29(24)33/h2,5,9-16,18,26H,1,3-4,6-8,17H2. The summed E-state index contributed by atoms with van der Waals surface area (Å²) >= 11 is 0. The molecule has 180 valence electrons. The van der Waals surface area contributed by atoms with Gasteiger partial charge in [-0.05, 0) is 54.7 Å². The summed E-state index contributed by atoms with van der Waals surface area (Å²) in [5.74, 6) is -3.09. The Kier molecular flexibility index (Phi) is 6.61. The summed E-state index contributed by atoms with van der Waals surface area (Å²) in [6, 6.07) is 12.6. The van der Waals surface area contributed by atoms with Crippen LogP contribution in [-0.4, -0.2) is 6.61 Å². The van der Waals surface area contributed by atoms with E-state index >= 15 is 0 Å². The van der Waals surface area contributed by atoms with E-state index in [1.165, 1.54) is 17.7 Å². The van der Waals surface area contributed by atoms with Gasteiger partial charge in [0.15, 0.2) is 23.3 Å². The predicted octanol–water partition coefficient (Wildman–Crippen LogP) is 8.49. The molecule has 0 aromatic heterocycles. The van der Waals surface area contributed by atoms with Gasteiger partial charge in [-0.1, -0.05) is 66.3 Å². The van der Waals surface area contributed by atoms with E-state index in [9.17, 15) is 17.6 Å². The number of allylic oxidation sites excluding steroid dienone is 3. The molecular weight excluding hydrogens is 452 g/mol. The van der Waals surface area contributed by atoms with Gasteiger partial charge >= 0.3 is 0 Å². The number of rotatable bonds is 7. The summed E-state index contributed by atoms with van der Waals surface area (Å²) in [5, 5.41) is 0. The monoisotopic (exact) mass is 478 g/mol. The lowest BCUT2D eigenvalue weighted by atomic mass is 9.87. The highest BCUT2D eigenvalue weighted by atomic mass is 19.2. The van der Waals surface area contributed by atoms with Crippen LogP contribution in [0.1, 0.15) is 42.9 Å². The van der Waals surface area contributed by atoms with Gasteiger partial charge in [-0.25, -0.2) is 17.6 Å². The van der Waals surface area contributed by atoms with Crippen LogP contribution >= 0.6 is 0 Å². The van der Waals surface area contributed by atoms with E-state index in [0.29, 0.717) is 42.1 Å². The number of aryl methyl sites for hydroxylation is 1. The average molecular weight is 479 g/mol. The van der Waals surface area contributed by atoms with Gasteiger partial charge in [0.1, 0.15) is 6.10 Å². The minimum absolute atomic E-state index is 0.108. The molecule has 1 aliphatic heterocycles. The van der Waals surface area contributed by atoms with Crippen LogP contribution in [0.25, 0.3) is 22.3 Å². The van der Waals surface area contributed by atoms with Crippen molar-refractivity contribution in [3.63, 3.8) is 0 Å². The second kappa shape index (κ2) is 9.82. The minimum atomic E-state index is -0.944. The lowest BCUT2D eigenvalue weighted by Gasteiger charge is -2.19. The molecule has 2 atom stereocenters. The van der Waals surface area contributed by atoms with Gasteiger partial charge in [0.2, 0.25) is 0 Å². The molecule has 5 heteroatoms. The molecule has 2 aliphatic rings. The number of epoxide rings is 1.